The third-order valence-corrected chi connectivity index (χ3v) is 3.69. The molecule has 1 aliphatic rings. The summed E-state index contributed by atoms with van der Waals surface area (Å²) < 4.78 is 1.72. The number of aromatic nitrogens is 2. The molecule has 7 nitrogen and oxygen atoms in total. The van der Waals surface area contributed by atoms with E-state index in [1.807, 2.05) is 24.8 Å². The van der Waals surface area contributed by atoms with Crippen LogP contribution in [0.25, 0.3) is 0 Å². The van der Waals surface area contributed by atoms with E-state index in [-0.39, 0.29) is 19.0 Å². The van der Waals surface area contributed by atoms with Crippen molar-refractivity contribution in [3.05, 3.63) is 17.5 Å². The Labute approximate surface area is 124 Å². The highest BCUT2D eigenvalue weighted by Gasteiger charge is 2.21. The maximum absolute atomic E-state index is 12.3. The van der Waals surface area contributed by atoms with E-state index in [0.717, 1.165) is 24.4 Å². The molecule has 0 atom stereocenters. The van der Waals surface area contributed by atoms with E-state index < -0.39 is 5.97 Å². The predicted octanol–water partition coefficient (Wildman–Crippen LogP) is 0.119. The van der Waals surface area contributed by atoms with Crippen molar-refractivity contribution >= 4 is 11.9 Å². The topological polar surface area (TPSA) is 78.7 Å². The van der Waals surface area contributed by atoms with Crippen LogP contribution in [0.5, 0.6) is 0 Å². The molecule has 1 aromatic heterocycles. The number of rotatable bonds is 4. The molecule has 0 aromatic carbocycles. The molecule has 0 aliphatic carbocycles. The van der Waals surface area contributed by atoms with E-state index in [1.54, 1.807) is 9.58 Å². The normalized spacial score (nSPS) is 16.8. The summed E-state index contributed by atoms with van der Waals surface area (Å²) in [4.78, 5) is 26.8. The first-order valence-electron chi connectivity index (χ1n) is 7.18. The number of hydrogen-bond acceptors (Lipinski definition) is 4. The van der Waals surface area contributed by atoms with Gasteiger partial charge in [-0.05, 0) is 26.3 Å². The van der Waals surface area contributed by atoms with Crippen molar-refractivity contribution in [2.24, 2.45) is 0 Å². The van der Waals surface area contributed by atoms with Gasteiger partial charge in [0, 0.05) is 31.9 Å². The zero-order chi connectivity index (χ0) is 15.4. The van der Waals surface area contributed by atoms with Gasteiger partial charge in [-0.1, -0.05) is 0 Å². The number of carbonyl (C=O) groups excluding carboxylic acids is 1. The monoisotopic (exact) mass is 294 g/mol. The third-order valence-electron chi connectivity index (χ3n) is 3.69. The molecule has 1 saturated heterocycles. The third kappa shape index (κ3) is 4.29. The van der Waals surface area contributed by atoms with Crippen molar-refractivity contribution < 1.29 is 14.7 Å². The van der Waals surface area contributed by atoms with Crippen molar-refractivity contribution in [1.29, 1.82) is 0 Å². The van der Waals surface area contributed by atoms with E-state index in [4.69, 9.17) is 5.11 Å². The molecule has 0 bridgehead atoms. The second kappa shape index (κ2) is 6.71. The van der Waals surface area contributed by atoms with Crippen molar-refractivity contribution in [2.75, 3.05) is 32.7 Å². The summed E-state index contributed by atoms with van der Waals surface area (Å²) in [6.07, 6.45) is 0.802. The molecule has 116 valence electrons. The molecule has 1 fully saturated rings. The van der Waals surface area contributed by atoms with Crippen LogP contribution in [0.1, 0.15) is 17.8 Å². The number of aryl methyl sites for hydroxylation is 2. The van der Waals surface area contributed by atoms with Gasteiger partial charge in [0.1, 0.15) is 6.54 Å². The summed E-state index contributed by atoms with van der Waals surface area (Å²) in [5.74, 6) is -0.782. The van der Waals surface area contributed by atoms with Crippen LogP contribution in [-0.4, -0.2) is 69.3 Å². The molecule has 2 rings (SSSR count). The van der Waals surface area contributed by atoms with Crippen molar-refractivity contribution in [1.82, 2.24) is 19.6 Å². The second-order valence-corrected chi connectivity index (χ2v) is 5.49. The standard InChI is InChI=1S/C14H22N4O3/c1-11-8-12(2)18(15-11)9-13(19)17-5-3-4-16(6-7-17)10-14(20)21/h8H,3-7,9-10H2,1-2H3,(H,20,21). The molecule has 21 heavy (non-hydrogen) atoms. The predicted molar refractivity (Wildman–Crippen MR) is 77.0 cm³/mol. The van der Waals surface area contributed by atoms with Crippen LogP contribution < -0.4 is 0 Å². The van der Waals surface area contributed by atoms with E-state index in [0.29, 0.717) is 19.6 Å². The van der Waals surface area contributed by atoms with Gasteiger partial charge in [-0.2, -0.15) is 5.10 Å². The number of carboxylic acid groups (broad SMARTS) is 1. The first kappa shape index (κ1) is 15.5. The van der Waals surface area contributed by atoms with Crippen LogP contribution in [0.4, 0.5) is 0 Å². The fourth-order valence-corrected chi connectivity index (χ4v) is 2.63. The smallest absolute Gasteiger partial charge is 0.317 e. The number of hydrogen-bond donors (Lipinski definition) is 1. The van der Waals surface area contributed by atoms with Crippen LogP contribution in [0.15, 0.2) is 6.07 Å². The van der Waals surface area contributed by atoms with Gasteiger partial charge in [-0.25, -0.2) is 0 Å². The number of amides is 1. The maximum Gasteiger partial charge on any atom is 0.317 e. The lowest BCUT2D eigenvalue weighted by atomic mass is 10.3. The molecule has 0 saturated carbocycles. The van der Waals surface area contributed by atoms with Crippen molar-refractivity contribution in [3.63, 3.8) is 0 Å². The number of carbonyl (C=O) groups is 2. The Hall–Kier alpha value is -1.89. The molecule has 1 aliphatic heterocycles. The quantitative estimate of drug-likeness (QED) is 0.853. The van der Waals surface area contributed by atoms with Crippen LogP contribution in [-0.2, 0) is 16.1 Å². The van der Waals surface area contributed by atoms with Gasteiger partial charge >= 0.3 is 5.97 Å². The van der Waals surface area contributed by atoms with E-state index in [9.17, 15) is 9.59 Å². The summed E-state index contributed by atoms with van der Waals surface area (Å²) >= 11 is 0. The molecule has 1 N–H and O–H groups in total. The van der Waals surface area contributed by atoms with Crippen LogP contribution >= 0.6 is 0 Å². The lowest BCUT2D eigenvalue weighted by Gasteiger charge is -2.21. The molecule has 1 amide bonds. The number of carboxylic acids is 1. The molecular formula is C14H22N4O3. The average Bonchev–Trinajstić information content (AvgIpc) is 2.61. The fraction of sp³-hybridized carbons (Fsp3) is 0.643. The van der Waals surface area contributed by atoms with Gasteiger partial charge < -0.3 is 10.0 Å². The second-order valence-electron chi connectivity index (χ2n) is 5.49. The highest BCUT2D eigenvalue weighted by atomic mass is 16.4. The Balaban J connectivity index is 1.91. The lowest BCUT2D eigenvalue weighted by Crippen LogP contribution is -2.38. The average molecular weight is 294 g/mol. The van der Waals surface area contributed by atoms with Gasteiger partial charge in [-0.3, -0.25) is 19.2 Å². The van der Waals surface area contributed by atoms with Crippen molar-refractivity contribution in [2.45, 2.75) is 26.8 Å². The van der Waals surface area contributed by atoms with Gasteiger partial charge in [0.2, 0.25) is 5.91 Å². The lowest BCUT2D eigenvalue weighted by molar-refractivity contribution is -0.138. The summed E-state index contributed by atoms with van der Waals surface area (Å²) in [5.41, 5.74) is 1.88. The molecule has 0 spiro atoms. The first-order chi connectivity index (χ1) is 9.95. The minimum Gasteiger partial charge on any atom is -0.480 e. The van der Waals surface area contributed by atoms with E-state index >= 15 is 0 Å². The Bertz CT molecular complexity index is 526. The molecular weight excluding hydrogens is 272 g/mol. The highest BCUT2D eigenvalue weighted by molar-refractivity contribution is 5.76. The maximum atomic E-state index is 12.3. The number of aliphatic carboxylic acids is 1. The molecule has 0 radical (unpaired) electrons. The van der Waals surface area contributed by atoms with Crippen LogP contribution in [0.3, 0.4) is 0 Å². The van der Waals surface area contributed by atoms with Gasteiger partial charge in [0.25, 0.3) is 0 Å². The number of nitrogens with zero attached hydrogens (tertiary/aromatic N) is 4. The zero-order valence-electron chi connectivity index (χ0n) is 12.6. The van der Waals surface area contributed by atoms with Crippen LogP contribution in [0, 0.1) is 13.8 Å². The zero-order valence-corrected chi connectivity index (χ0v) is 12.6. The Kier molecular flexibility index (Phi) is 4.95. The fourth-order valence-electron chi connectivity index (χ4n) is 2.63. The summed E-state index contributed by atoms with van der Waals surface area (Å²) in [6, 6.07) is 1.95. The molecule has 7 heteroatoms. The minimum atomic E-state index is -0.822. The molecule has 2 heterocycles. The molecule has 1 aromatic rings. The van der Waals surface area contributed by atoms with Crippen molar-refractivity contribution in [3.8, 4) is 0 Å². The minimum absolute atomic E-state index is 0.0402. The Morgan fingerprint density at radius 2 is 1.95 bits per heavy atom. The van der Waals surface area contributed by atoms with Gasteiger partial charge in [-0.15, -0.1) is 0 Å². The SMILES string of the molecule is Cc1cc(C)n(CC(=O)N2CCCN(CC(=O)O)CC2)n1. The molecule has 0 unspecified atom stereocenters. The van der Waals surface area contributed by atoms with Crippen LogP contribution in [0.2, 0.25) is 0 Å². The highest BCUT2D eigenvalue weighted by Crippen LogP contribution is 2.06. The largest absolute Gasteiger partial charge is 0.480 e. The summed E-state index contributed by atoms with van der Waals surface area (Å²) in [5, 5.41) is 13.1. The van der Waals surface area contributed by atoms with E-state index in [2.05, 4.69) is 5.10 Å². The van der Waals surface area contributed by atoms with E-state index in [1.165, 1.54) is 0 Å². The van der Waals surface area contributed by atoms with Gasteiger partial charge in [0.05, 0.1) is 12.2 Å². The Morgan fingerprint density at radius 1 is 1.19 bits per heavy atom. The van der Waals surface area contributed by atoms with Gasteiger partial charge in [0.15, 0.2) is 0 Å². The summed E-state index contributed by atoms with van der Waals surface area (Å²) in [6.45, 7) is 6.71. The summed E-state index contributed by atoms with van der Waals surface area (Å²) in [7, 11) is 0. The Morgan fingerprint density at radius 3 is 2.57 bits per heavy atom. The first-order valence-corrected chi connectivity index (χ1v) is 7.18.